The van der Waals surface area contributed by atoms with Crippen LogP contribution in [-0.2, 0) is 11.3 Å². The number of carbonyl (C=O) groups is 2. The molecule has 0 aliphatic carbocycles. The molecule has 7 nitrogen and oxygen atoms in total. The lowest BCUT2D eigenvalue weighted by Crippen LogP contribution is -2.41. The lowest BCUT2D eigenvalue weighted by atomic mass is 9.99. The summed E-state index contributed by atoms with van der Waals surface area (Å²) in [5.74, 6) is -0.593. The number of carbonyl (C=O) groups excluding carboxylic acids is 1. The minimum absolute atomic E-state index is 0.134. The van der Waals surface area contributed by atoms with E-state index in [1.54, 1.807) is 4.90 Å². The van der Waals surface area contributed by atoms with Crippen molar-refractivity contribution in [1.29, 1.82) is 0 Å². The first-order valence-corrected chi connectivity index (χ1v) is 8.89. The van der Waals surface area contributed by atoms with E-state index in [1.807, 2.05) is 30.3 Å². The standard InChI is InChI=1S/C20H22N2O5/c23-19(24)17-8-9-21-18(11-17)26-14-16-7-4-10-22(12-16)20(25)27-13-15-5-2-1-3-6-15/h1-3,5-6,8-9,11,16H,4,7,10,12-14H2,(H,23,24). The highest BCUT2D eigenvalue weighted by atomic mass is 16.6. The second-order valence-electron chi connectivity index (χ2n) is 6.49. The minimum atomic E-state index is -1.02. The summed E-state index contributed by atoms with van der Waals surface area (Å²) in [5.41, 5.74) is 1.09. The molecule has 27 heavy (non-hydrogen) atoms. The van der Waals surface area contributed by atoms with Crippen LogP contribution in [-0.4, -0.2) is 46.7 Å². The van der Waals surface area contributed by atoms with E-state index in [-0.39, 0.29) is 30.1 Å². The number of ether oxygens (including phenoxy) is 2. The Bertz CT molecular complexity index is 781. The third kappa shape index (κ3) is 5.44. The molecule has 1 saturated heterocycles. The molecule has 1 aliphatic heterocycles. The number of hydrogen-bond acceptors (Lipinski definition) is 5. The highest BCUT2D eigenvalue weighted by Crippen LogP contribution is 2.19. The molecule has 1 fully saturated rings. The van der Waals surface area contributed by atoms with Crippen molar-refractivity contribution in [2.45, 2.75) is 19.4 Å². The Morgan fingerprint density at radius 3 is 2.81 bits per heavy atom. The van der Waals surface area contributed by atoms with E-state index in [1.165, 1.54) is 18.3 Å². The molecule has 1 aromatic heterocycles. The maximum absolute atomic E-state index is 12.3. The van der Waals surface area contributed by atoms with Gasteiger partial charge < -0.3 is 19.5 Å². The van der Waals surface area contributed by atoms with Crippen molar-refractivity contribution in [3.8, 4) is 5.88 Å². The third-order valence-corrected chi connectivity index (χ3v) is 4.43. The first-order valence-electron chi connectivity index (χ1n) is 8.89. The zero-order valence-corrected chi connectivity index (χ0v) is 14.9. The Morgan fingerprint density at radius 1 is 1.22 bits per heavy atom. The molecule has 2 aromatic rings. The first kappa shape index (κ1) is 18.7. The van der Waals surface area contributed by atoms with Gasteiger partial charge in [-0.2, -0.15) is 0 Å². The van der Waals surface area contributed by atoms with E-state index in [9.17, 15) is 9.59 Å². The molecule has 7 heteroatoms. The summed E-state index contributed by atoms with van der Waals surface area (Å²) in [6.45, 7) is 1.84. The molecule has 1 N–H and O–H groups in total. The fourth-order valence-corrected chi connectivity index (χ4v) is 3.00. The smallest absolute Gasteiger partial charge is 0.410 e. The van der Waals surface area contributed by atoms with Crippen LogP contribution >= 0.6 is 0 Å². The van der Waals surface area contributed by atoms with Gasteiger partial charge in [-0.05, 0) is 24.5 Å². The van der Waals surface area contributed by atoms with Crippen LogP contribution in [0.4, 0.5) is 4.79 Å². The Labute approximate surface area is 157 Å². The Kier molecular flexibility index (Phi) is 6.25. The van der Waals surface area contributed by atoms with E-state index in [0.29, 0.717) is 19.7 Å². The van der Waals surface area contributed by atoms with Crippen LogP contribution in [0.15, 0.2) is 48.7 Å². The van der Waals surface area contributed by atoms with E-state index in [2.05, 4.69) is 4.98 Å². The summed E-state index contributed by atoms with van der Waals surface area (Å²) in [4.78, 5) is 29.0. The zero-order valence-electron chi connectivity index (χ0n) is 14.9. The number of piperidine rings is 1. The normalized spacial score (nSPS) is 16.6. The molecule has 1 unspecified atom stereocenters. The van der Waals surface area contributed by atoms with Crippen molar-refractivity contribution in [2.24, 2.45) is 5.92 Å². The van der Waals surface area contributed by atoms with E-state index < -0.39 is 5.97 Å². The van der Waals surface area contributed by atoms with Crippen LogP contribution in [0.2, 0.25) is 0 Å². The fraction of sp³-hybridized carbons (Fsp3) is 0.350. The topological polar surface area (TPSA) is 89.0 Å². The first-order chi connectivity index (χ1) is 13.1. The van der Waals surface area contributed by atoms with Gasteiger partial charge in [0, 0.05) is 31.3 Å². The van der Waals surface area contributed by atoms with Crippen LogP contribution in [0.5, 0.6) is 5.88 Å². The Hall–Kier alpha value is -3.09. The van der Waals surface area contributed by atoms with Gasteiger partial charge in [-0.25, -0.2) is 14.6 Å². The predicted molar refractivity (Wildman–Crippen MR) is 97.6 cm³/mol. The molecule has 1 aromatic carbocycles. The average Bonchev–Trinajstić information content (AvgIpc) is 2.71. The van der Waals surface area contributed by atoms with E-state index >= 15 is 0 Å². The minimum Gasteiger partial charge on any atom is -0.478 e. The number of carboxylic acid groups (broad SMARTS) is 1. The number of carboxylic acids is 1. The Morgan fingerprint density at radius 2 is 2.04 bits per heavy atom. The number of hydrogen-bond donors (Lipinski definition) is 1. The average molecular weight is 370 g/mol. The summed E-state index contributed by atoms with van der Waals surface area (Å²) < 4.78 is 11.0. The molecular weight excluding hydrogens is 348 g/mol. The number of benzene rings is 1. The molecule has 1 amide bonds. The lowest BCUT2D eigenvalue weighted by Gasteiger charge is -2.31. The molecule has 0 saturated carbocycles. The number of aromatic carboxylic acids is 1. The van der Waals surface area contributed by atoms with Gasteiger partial charge in [0.15, 0.2) is 0 Å². The second kappa shape index (κ2) is 9.02. The van der Waals surface area contributed by atoms with Gasteiger partial charge in [0.25, 0.3) is 0 Å². The molecule has 1 aliphatic rings. The molecule has 142 valence electrons. The van der Waals surface area contributed by atoms with Crippen LogP contribution in [0, 0.1) is 5.92 Å². The molecule has 2 heterocycles. The van der Waals surface area contributed by atoms with Crippen molar-refractivity contribution >= 4 is 12.1 Å². The van der Waals surface area contributed by atoms with Gasteiger partial charge in [0.1, 0.15) is 6.61 Å². The molecule has 1 atom stereocenters. The van der Waals surface area contributed by atoms with Gasteiger partial charge in [-0.3, -0.25) is 0 Å². The number of amides is 1. The molecule has 3 rings (SSSR count). The van der Waals surface area contributed by atoms with Crippen molar-refractivity contribution in [1.82, 2.24) is 9.88 Å². The predicted octanol–water partition coefficient (Wildman–Crippen LogP) is 3.21. The summed E-state index contributed by atoms with van der Waals surface area (Å²) in [6, 6.07) is 12.4. The van der Waals surface area contributed by atoms with E-state index in [0.717, 1.165) is 18.4 Å². The van der Waals surface area contributed by atoms with Gasteiger partial charge >= 0.3 is 12.1 Å². The van der Waals surface area contributed by atoms with Gasteiger partial charge in [-0.15, -0.1) is 0 Å². The van der Waals surface area contributed by atoms with Gasteiger partial charge in [0.2, 0.25) is 5.88 Å². The van der Waals surface area contributed by atoms with Crippen LogP contribution in [0.25, 0.3) is 0 Å². The van der Waals surface area contributed by atoms with Crippen molar-refractivity contribution < 1.29 is 24.2 Å². The SMILES string of the molecule is O=C(O)c1ccnc(OCC2CCCN(C(=O)OCc3ccccc3)C2)c1. The molecular formula is C20H22N2O5. The van der Waals surface area contributed by atoms with Crippen molar-refractivity contribution in [3.63, 3.8) is 0 Å². The number of rotatable bonds is 6. The monoisotopic (exact) mass is 370 g/mol. The summed E-state index contributed by atoms with van der Waals surface area (Å²) >= 11 is 0. The van der Waals surface area contributed by atoms with Gasteiger partial charge in [0.05, 0.1) is 12.2 Å². The zero-order chi connectivity index (χ0) is 19.1. The Balaban J connectivity index is 1.48. The van der Waals surface area contributed by atoms with Crippen molar-refractivity contribution in [3.05, 3.63) is 59.8 Å². The van der Waals surface area contributed by atoms with Crippen molar-refractivity contribution in [2.75, 3.05) is 19.7 Å². The number of nitrogens with zero attached hydrogens (tertiary/aromatic N) is 2. The lowest BCUT2D eigenvalue weighted by molar-refractivity contribution is 0.0683. The maximum Gasteiger partial charge on any atom is 0.410 e. The third-order valence-electron chi connectivity index (χ3n) is 4.43. The largest absolute Gasteiger partial charge is 0.478 e. The summed E-state index contributed by atoms with van der Waals surface area (Å²) in [7, 11) is 0. The van der Waals surface area contributed by atoms with Crippen LogP contribution in [0.1, 0.15) is 28.8 Å². The van der Waals surface area contributed by atoms with Crippen LogP contribution < -0.4 is 4.74 Å². The highest BCUT2D eigenvalue weighted by molar-refractivity contribution is 5.87. The number of pyridine rings is 1. The summed E-state index contributed by atoms with van der Waals surface area (Å²) in [5, 5.41) is 9.01. The number of likely N-dealkylation sites (tertiary alicyclic amines) is 1. The van der Waals surface area contributed by atoms with E-state index in [4.69, 9.17) is 14.6 Å². The summed E-state index contributed by atoms with van der Waals surface area (Å²) in [6.07, 6.45) is 2.89. The fourth-order valence-electron chi connectivity index (χ4n) is 3.00. The maximum atomic E-state index is 12.3. The van der Waals surface area contributed by atoms with Crippen LogP contribution in [0.3, 0.4) is 0 Å². The molecule has 0 spiro atoms. The molecule has 0 radical (unpaired) electrons. The second-order valence-corrected chi connectivity index (χ2v) is 6.49. The quantitative estimate of drug-likeness (QED) is 0.840. The van der Waals surface area contributed by atoms with Gasteiger partial charge in [-0.1, -0.05) is 30.3 Å². The number of aromatic nitrogens is 1. The highest BCUT2D eigenvalue weighted by Gasteiger charge is 2.25. The molecule has 0 bridgehead atoms.